The molecular formula is C11H17N3O2. The van der Waals surface area contributed by atoms with E-state index in [4.69, 9.17) is 10.5 Å². The molecule has 0 aliphatic carbocycles. The average Bonchev–Trinajstić information content (AvgIpc) is 2.26. The standard InChI is InChI=1S/C11H17N3O2/c1-8-4-5-10(9(6-12)13-8)16-7-11(15)14(2)3/h4-5H,6-7,12H2,1-3H3. The molecule has 5 nitrogen and oxygen atoms in total. The van der Waals surface area contributed by atoms with Gasteiger partial charge in [-0.1, -0.05) is 0 Å². The number of hydrogen-bond donors (Lipinski definition) is 1. The monoisotopic (exact) mass is 223 g/mol. The van der Waals surface area contributed by atoms with Crippen molar-refractivity contribution in [3.63, 3.8) is 0 Å². The van der Waals surface area contributed by atoms with Crippen LogP contribution in [-0.2, 0) is 11.3 Å². The van der Waals surface area contributed by atoms with Gasteiger partial charge in [0.1, 0.15) is 5.75 Å². The Bertz CT molecular complexity index is 377. The van der Waals surface area contributed by atoms with Gasteiger partial charge in [-0.25, -0.2) is 0 Å². The number of hydrogen-bond acceptors (Lipinski definition) is 4. The number of nitrogens with two attached hydrogens (primary N) is 1. The molecule has 0 fully saturated rings. The summed E-state index contributed by atoms with van der Waals surface area (Å²) in [7, 11) is 3.37. The Morgan fingerprint density at radius 1 is 1.50 bits per heavy atom. The molecule has 5 heteroatoms. The van der Waals surface area contributed by atoms with Crippen LogP contribution < -0.4 is 10.5 Å². The summed E-state index contributed by atoms with van der Waals surface area (Å²) >= 11 is 0. The minimum atomic E-state index is -0.0939. The molecular weight excluding hydrogens is 206 g/mol. The van der Waals surface area contributed by atoms with Gasteiger partial charge in [0, 0.05) is 26.3 Å². The van der Waals surface area contributed by atoms with Crippen molar-refractivity contribution in [2.24, 2.45) is 5.73 Å². The highest BCUT2D eigenvalue weighted by molar-refractivity contribution is 5.77. The number of aromatic nitrogens is 1. The first-order valence-corrected chi connectivity index (χ1v) is 5.04. The van der Waals surface area contributed by atoms with E-state index in [-0.39, 0.29) is 12.5 Å². The van der Waals surface area contributed by atoms with Crippen LogP contribution in [-0.4, -0.2) is 36.5 Å². The van der Waals surface area contributed by atoms with Gasteiger partial charge in [0.25, 0.3) is 5.91 Å². The highest BCUT2D eigenvalue weighted by atomic mass is 16.5. The lowest BCUT2D eigenvalue weighted by molar-refractivity contribution is -0.130. The number of nitrogens with zero attached hydrogens (tertiary/aromatic N) is 2. The van der Waals surface area contributed by atoms with Gasteiger partial charge in [-0.15, -0.1) is 0 Å². The molecule has 0 spiro atoms. The number of pyridine rings is 1. The van der Waals surface area contributed by atoms with Crippen LogP contribution in [0.25, 0.3) is 0 Å². The normalized spacial score (nSPS) is 10.0. The Labute approximate surface area is 95.2 Å². The van der Waals surface area contributed by atoms with E-state index < -0.39 is 0 Å². The van der Waals surface area contributed by atoms with E-state index in [1.54, 1.807) is 20.2 Å². The van der Waals surface area contributed by atoms with Crippen molar-refractivity contribution in [2.45, 2.75) is 13.5 Å². The fraction of sp³-hybridized carbons (Fsp3) is 0.455. The van der Waals surface area contributed by atoms with Crippen molar-refractivity contribution >= 4 is 5.91 Å². The van der Waals surface area contributed by atoms with Gasteiger partial charge in [0.15, 0.2) is 6.61 Å². The maximum Gasteiger partial charge on any atom is 0.259 e. The molecule has 0 bridgehead atoms. The molecule has 1 rings (SSSR count). The van der Waals surface area contributed by atoms with Gasteiger partial charge in [-0.2, -0.15) is 0 Å². The largest absolute Gasteiger partial charge is 0.482 e. The number of ether oxygens (including phenoxy) is 1. The van der Waals surface area contributed by atoms with Gasteiger partial charge < -0.3 is 15.4 Å². The molecule has 0 radical (unpaired) electrons. The second kappa shape index (κ2) is 5.46. The zero-order chi connectivity index (χ0) is 12.1. The Kier molecular flexibility index (Phi) is 4.25. The number of rotatable bonds is 4. The molecule has 0 atom stereocenters. The number of carbonyl (C=O) groups is 1. The molecule has 0 saturated carbocycles. The molecule has 0 saturated heterocycles. The minimum absolute atomic E-state index is 0.00470. The fourth-order valence-corrected chi connectivity index (χ4v) is 1.14. The third-order valence-electron chi connectivity index (χ3n) is 2.11. The number of aryl methyl sites for hydroxylation is 1. The zero-order valence-electron chi connectivity index (χ0n) is 9.86. The minimum Gasteiger partial charge on any atom is -0.482 e. The van der Waals surface area contributed by atoms with Crippen molar-refractivity contribution in [3.8, 4) is 5.75 Å². The quantitative estimate of drug-likeness (QED) is 0.798. The maximum atomic E-state index is 11.3. The van der Waals surface area contributed by atoms with Crippen molar-refractivity contribution in [3.05, 3.63) is 23.5 Å². The fourth-order valence-electron chi connectivity index (χ4n) is 1.14. The topological polar surface area (TPSA) is 68.5 Å². The van der Waals surface area contributed by atoms with Crippen molar-refractivity contribution in [1.82, 2.24) is 9.88 Å². The molecule has 0 aromatic carbocycles. The average molecular weight is 223 g/mol. The number of amides is 1. The first kappa shape index (κ1) is 12.4. The van der Waals surface area contributed by atoms with Crippen LogP contribution in [0.1, 0.15) is 11.4 Å². The molecule has 0 unspecified atom stereocenters. The predicted molar refractivity (Wildman–Crippen MR) is 61.1 cm³/mol. The summed E-state index contributed by atoms with van der Waals surface area (Å²) in [6.07, 6.45) is 0. The van der Waals surface area contributed by atoms with Crippen LogP contribution >= 0.6 is 0 Å². The highest BCUT2D eigenvalue weighted by Crippen LogP contribution is 2.16. The van der Waals surface area contributed by atoms with E-state index in [0.717, 1.165) is 5.69 Å². The van der Waals surface area contributed by atoms with Crippen LogP contribution in [0, 0.1) is 6.92 Å². The third kappa shape index (κ3) is 3.20. The number of likely N-dealkylation sites (N-methyl/N-ethyl adjacent to an activating group) is 1. The van der Waals surface area contributed by atoms with E-state index in [2.05, 4.69) is 4.98 Å². The lowest BCUT2D eigenvalue weighted by Crippen LogP contribution is -2.27. The molecule has 1 aromatic rings. The van der Waals surface area contributed by atoms with Crippen molar-refractivity contribution < 1.29 is 9.53 Å². The Hall–Kier alpha value is -1.62. The van der Waals surface area contributed by atoms with Crippen LogP contribution in [0.4, 0.5) is 0 Å². The smallest absolute Gasteiger partial charge is 0.259 e. The van der Waals surface area contributed by atoms with E-state index in [1.165, 1.54) is 4.90 Å². The molecule has 0 aliphatic rings. The summed E-state index contributed by atoms with van der Waals surface area (Å²) < 4.78 is 5.37. The van der Waals surface area contributed by atoms with Gasteiger partial charge in [-0.05, 0) is 19.1 Å². The van der Waals surface area contributed by atoms with Gasteiger partial charge in [0.2, 0.25) is 0 Å². The van der Waals surface area contributed by atoms with Gasteiger partial charge in [-0.3, -0.25) is 9.78 Å². The molecule has 0 aliphatic heterocycles. The summed E-state index contributed by atoms with van der Waals surface area (Å²) in [5, 5.41) is 0. The molecule has 16 heavy (non-hydrogen) atoms. The second-order valence-electron chi connectivity index (χ2n) is 3.68. The molecule has 1 heterocycles. The van der Waals surface area contributed by atoms with Crippen LogP contribution in [0.3, 0.4) is 0 Å². The maximum absolute atomic E-state index is 11.3. The van der Waals surface area contributed by atoms with Crippen LogP contribution in [0.5, 0.6) is 5.75 Å². The predicted octanol–water partition coefficient (Wildman–Crippen LogP) is 0.316. The van der Waals surface area contributed by atoms with E-state index >= 15 is 0 Å². The molecule has 88 valence electrons. The van der Waals surface area contributed by atoms with Crippen molar-refractivity contribution in [2.75, 3.05) is 20.7 Å². The summed E-state index contributed by atoms with van der Waals surface area (Å²) in [6, 6.07) is 3.61. The number of carbonyl (C=O) groups excluding carboxylic acids is 1. The van der Waals surface area contributed by atoms with E-state index in [0.29, 0.717) is 18.0 Å². The third-order valence-corrected chi connectivity index (χ3v) is 2.11. The van der Waals surface area contributed by atoms with E-state index in [1.807, 2.05) is 13.0 Å². The Morgan fingerprint density at radius 2 is 2.19 bits per heavy atom. The summed E-state index contributed by atoms with van der Waals surface area (Å²) in [5.41, 5.74) is 7.10. The molecule has 2 N–H and O–H groups in total. The van der Waals surface area contributed by atoms with Crippen molar-refractivity contribution in [1.29, 1.82) is 0 Å². The van der Waals surface area contributed by atoms with Gasteiger partial charge in [0.05, 0.1) is 5.69 Å². The molecule has 1 amide bonds. The molecule has 1 aromatic heterocycles. The summed E-state index contributed by atoms with van der Waals surface area (Å²) in [4.78, 5) is 17.0. The lowest BCUT2D eigenvalue weighted by atomic mass is 10.3. The van der Waals surface area contributed by atoms with Gasteiger partial charge >= 0.3 is 0 Å². The Morgan fingerprint density at radius 3 is 2.75 bits per heavy atom. The summed E-state index contributed by atoms with van der Waals surface area (Å²) in [6.45, 7) is 2.19. The first-order chi connectivity index (χ1) is 7.54. The Balaban J connectivity index is 2.70. The lowest BCUT2D eigenvalue weighted by Gasteiger charge is -2.13. The highest BCUT2D eigenvalue weighted by Gasteiger charge is 2.08. The zero-order valence-corrected chi connectivity index (χ0v) is 9.86. The van der Waals surface area contributed by atoms with E-state index in [9.17, 15) is 4.79 Å². The SMILES string of the molecule is Cc1ccc(OCC(=O)N(C)C)c(CN)n1. The van der Waals surface area contributed by atoms with Crippen LogP contribution in [0.2, 0.25) is 0 Å². The first-order valence-electron chi connectivity index (χ1n) is 5.04. The van der Waals surface area contributed by atoms with Crippen LogP contribution in [0.15, 0.2) is 12.1 Å². The second-order valence-corrected chi connectivity index (χ2v) is 3.68. The summed E-state index contributed by atoms with van der Waals surface area (Å²) in [5.74, 6) is 0.479.